The standard InChI is InChI=1S/C17H11NS4/c1-18-10-8-14(12-4-2-6-19-12)21-16(10)17-11(18)9-15(22-17)13-5-3-7-20-13/h2-9H,1H3. The summed E-state index contributed by atoms with van der Waals surface area (Å²) in [5.41, 5.74) is 2.71. The van der Waals surface area contributed by atoms with Crippen molar-refractivity contribution in [2.45, 2.75) is 0 Å². The lowest BCUT2D eigenvalue weighted by atomic mass is 10.3. The van der Waals surface area contributed by atoms with Crippen molar-refractivity contribution in [1.29, 1.82) is 0 Å². The van der Waals surface area contributed by atoms with Crippen molar-refractivity contribution < 1.29 is 0 Å². The van der Waals surface area contributed by atoms with Crippen LogP contribution < -0.4 is 0 Å². The first-order chi connectivity index (χ1) is 10.8. The van der Waals surface area contributed by atoms with E-state index in [9.17, 15) is 0 Å². The number of fused-ring (bicyclic) bond motifs is 3. The van der Waals surface area contributed by atoms with Gasteiger partial charge in [0, 0.05) is 26.6 Å². The van der Waals surface area contributed by atoms with Gasteiger partial charge in [0.2, 0.25) is 0 Å². The van der Waals surface area contributed by atoms with Crippen molar-refractivity contribution in [3.8, 4) is 19.5 Å². The Morgan fingerprint density at radius 2 is 1.23 bits per heavy atom. The normalized spacial score (nSPS) is 11.9. The zero-order valence-electron chi connectivity index (χ0n) is 11.7. The Bertz CT molecular complexity index is 985. The lowest BCUT2D eigenvalue weighted by Gasteiger charge is -1.94. The Kier molecular flexibility index (Phi) is 2.85. The van der Waals surface area contributed by atoms with E-state index in [1.54, 1.807) is 0 Å². The van der Waals surface area contributed by atoms with Crippen LogP contribution in [-0.2, 0) is 7.05 Å². The number of hydrogen-bond acceptors (Lipinski definition) is 4. The summed E-state index contributed by atoms with van der Waals surface area (Å²) >= 11 is 7.47. The number of thiophene rings is 4. The van der Waals surface area contributed by atoms with E-state index >= 15 is 0 Å². The molecule has 0 aromatic carbocycles. The van der Waals surface area contributed by atoms with Crippen molar-refractivity contribution >= 4 is 65.8 Å². The number of aromatic nitrogens is 1. The minimum absolute atomic E-state index is 1.35. The highest BCUT2D eigenvalue weighted by Gasteiger charge is 2.17. The molecule has 22 heavy (non-hydrogen) atoms. The summed E-state index contributed by atoms with van der Waals surface area (Å²) in [6, 6.07) is 13.3. The molecule has 0 aliphatic heterocycles. The van der Waals surface area contributed by atoms with Gasteiger partial charge in [0.15, 0.2) is 0 Å². The van der Waals surface area contributed by atoms with E-state index in [0.717, 1.165) is 0 Å². The molecule has 0 spiro atoms. The molecule has 5 aromatic rings. The molecule has 5 heteroatoms. The summed E-state index contributed by atoms with van der Waals surface area (Å²) in [6.45, 7) is 0. The van der Waals surface area contributed by atoms with E-state index in [0.29, 0.717) is 0 Å². The number of rotatable bonds is 2. The fourth-order valence-electron chi connectivity index (χ4n) is 2.80. The van der Waals surface area contributed by atoms with Crippen LogP contribution in [-0.4, -0.2) is 4.57 Å². The van der Waals surface area contributed by atoms with Gasteiger partial charge in [-0.1, -0.05) is 12.1 Å². The molecule has 0 N–H and O–H groups in total. The number of nitrogens with zero attached hydrogens (tertiary/aromatic N) is 1. The molecular weight excluding hydrogens is 346 g/mol. The molecule has 0 fully saturated rings. The van der Waals surface area contributed by atoms with Crippen LogP contribution in [0.15, 0.2) is 47.2 Å². The molecule has 1 nitrogen and oxygen atoms in total. The van der Waals surface area contributed by atoms with Gasteiger partial charge >= 0.3 is 0 Å². The second-order valence-electron chi connectivity index (χ2n) is 5.16. The van der Waals surface area contributed by atoms with Crippen molar-refractivity contribution in [2.75, 3.05) is 0 Å². The Hall–Kier alpha value is -1.40. The molecule has 5 rings (SSSR count). The molecule has 0 amide bonds. The highest BCUT2D eigenvalue weighted by molar-refractivity contribution is 7.32. The van der Waals surface area contributed by atoms with E-state index in [4.69, 9.17) is 0 Å². The Labute approximate surface area is 143 Å². The van der Waals surface area contributed by atoms with Crippen LogP contribution in [0, 0.1) is 0 Å². The van der Waals surface area contributed by atoms with Crippen LogP contribution in [0.1, 0.15) is 0 Å². The first-order valence-electron chi connectivity index (χ1n) is 6.91. The summed E-state index contributed by atoms with van der Waals surface area (Å²) in [5.74, 6) is 0. The molecule has 5 heterocycles. The largest absolute Gasteiger partial charge is 0.342 e. The number of aryl methyl sites for hydroxylation is 1. The fourth-order valence-corrected chi connectivity index (χ4v) is 6.97. The Morgan fingerprint density at radius 3 is 1.64 bits per heavy atom. The SMILES string of the molecule is Cn1c2cc(-c3cccs3)sc2c2sc(-c3cccs3)cc21. The first-order valence-corrected chi connectivity index (χ1v) is 10.3. The van der Waals surface area contributed by atoms with Crippen molar-refractivity contribution in [3.63, 3.8) is 0 Å². The van der Waals surface area contributed by atoms with E-state index in [2.05, 4.69) is 58.8 Å². The molecule has 108 valence electrons. The zero-order valence-corrected chi connectivity index (χ0v) is 15.0. The molecule has 0 aliphatic rings. The maximum Gasteiger partial charge on any atom is 0.0707 e. The third-order valence-corrected chi connectivity index (χ3v) is 8.43. The van der Waals surface area contributed by atoms with Gasteiger partial charge < -0.3 is 4.57 Å². The minimum atomic E-state index is 1.35. The first kappa shape index (κ1) is 13.1. The summed E-state index contributed by atoms with van der Waals surface area (Å²) in [7, 11) is 2.18. The molecule has 0 saturated carbocycles. The molecule has 5 aromatic heterocycles. The molecule has 0 saturated heterocycles. The number of hydrogen-bond donors (Lipinski definition) is 0. The lowest BCUT2D eigenvalue weighted by Crippen LogP contribution is -1.83. The molecule has 0 bridgehead atoms. The van der Waals surface area contributed by atoms with Gasteiger partial charge in [0.1, 0.15) is 0 Å². The summed E-state index contributed by atoms with van der Waals surface area (Å²) < 4.78 is 5.19. The van der Waals surface area contributed by atoms with Gasteiger partial charge in [0.25, 0.3) is 0 Å². The molecular formula is C17H11NS4. The van der Waals surface area contributed by atoms with E-state index < -0.39 is 0 Å². The van der Waals surface area contributed by atoms with Gasteiger partial charge in [-0.25, -0.2) is 0 Å². The van der Waals surface area contributed by atoms with Gasteiger partial charge in [-0.3, -0.25) is 0 Å². The van der Waals surface area contributed by atoms with Crippen molar-refractivity contribution in [3.05, 3.63) is 47.2 Å². The average molecular weight is 358 g/mol. The van der Waals surface area contributed by atoms with Crippen LogP contribution in [0.2, 0.25) is 0 Å². The highest BCUT2D eigenvalue weighted by atomic mass is 32.1. The van der Waals surface area contributed by atoms with Gasteiger partial charge in [-0.05, 0) is 35.0 Å². The average Bonchev–Trinajstić information content (AvgIpc) is 3.32. The van der Waals surface area contributed by atoms with Crippen molar-refractivity contribution in [1.82, 2.24) is 4.57 Å². The van der Waals surface area contributed by atoms with E-state index in [1.807, 2.05) is 45.3 Å². The topological polar surface area (TPSA) is 4.93 Å². The Balaban J connectivity index is 1.77. The lowest BCUT2D eigenvalue weighted by molar-refractivity contribution is 1.02. The maximum atomic E-state index is 2.34. The van der Waals surface area contributed by atoms with Gasteiger partial charge in [0.05, 0.1) is 20.4 Å². The fraction of sp³-hybridized carbons (Fsp3) is 0.0588. The van der Waals surface area contributed by atoms with Crippen LogP contribution in [0.4, 0.5) is 0 Å². The molecule has 0 atom stereocenters. The monoisotopic (exact) mass is 357 g/mol. The third kappa shape index (κ3) is 1.80. The van der Waals surface area contributed by atoms with Gasteiger partial charge in [-0.15, -0.1) is 45.3 Å². The molecule has 0 aliphatic carbocycles. The predicted octanol–water partition coefficient (Wildman–Crippen LogP) is 6.91. The van der Waals surface area contributed by atoms with Crippen LogP contribution in [0.5, 0.6) is 0 Å². The molecule has 0 radical (unpaired) electrons. The van der Waals surface area contributed by atoms with E-state index in [1.165, 1.54) is 39.9 Å². The Morgan fingerprint density at radius 1 is 0.727 bits per heavy atom. The van der Waals surface area contributed by atoms with Crippen LogP contribution >= 0.6 is 45.3 Å². The second-order valence-corrected chi connectivity index (χ2v) is 9.16. The summed E-state index contributed by atoms with van der Waals surface area (Å²) in [4.78, 5) is 5.49. The van der Waals surface area contributed by atoms with Crippen LogP contribution in [0.25, 0.3) is 39.9 Å². The van der Waals surface area contributed by atoms with Crippen molar-refractivity contribution in [2.24, 2.45) is 7.05 Å². The summed E-state index contributed by atoms with van der Waals surface area (Å²) in [5, 5.41) is 4.30. The minimum Gasteiger partial charge on any atom is -0.342 e. The predicted molar refractivity (Wildman–Crippen MR) is 103 cm³/mol. The van der Waals surface area contributed by atoms with E-state index in [-0.39, 0.29) is 0 Å². The molecule has 0 unspecified atom stereocenters. The van der Waals surface area contributed by atoms with Crippen LogP contribution in [0.3, 0.4) is 0 Å². The maximum absolute atomic E-state index is 2.34. The van der Waals surface area contributed by atoms with Gasteiger partial charge in [-0.2, -0.15) is 0 Å². The second kappa shape index (κ2) is 4.80. The third-order valence-electron chi connectivity index (χ3n) is 3.88. The zero-order chi connectivity index (χ0) is 14.7. The quantitative estimate of drug-likeness (QED) is 0.323. The highest BCUT2D eigenvalue weighted by Crippen LogP contribution is 2.45. The summed E-state index contributed by atoms with van der Waals surface area (Å²) in [6.07, 6.45) is 0. The smallest absolute Gasteiger partial charge is 0.0707 e.